The Morgan fingerprint density at radius 2 is 1.64 bits per heavy atom. The second-order valence-corrected chi connectivity index (χ2v) is 7.32. The highest BCUT2D eigenvalue weighted by Gasteiger charge is 2.22. The van der Waals surface area contributed by atoms with Crippen molar-refractivity contribution in [2.75, 3.05) is 33.2 Å². The minimum atomic E-state index is -0.452. The summed E-state index contributed by atoms with van der Waals surface area (Å²) in [5, 5.41) is 12.9. The van der Waals surface area contributed by atoms with Gasteiger partial charge in [-0.1, -0.05) is 0 Å². The van der Waals surface area contributed by atoms with Crippen molar-refractivity contribution in [2.24, 2.45) is 0 Å². The number of aryl methyl sites for hydroxylation is 2. The average Bonchev–Trinajstić information content (AvgIpc) is 2.68. The Labute approximate surface area is 161 Å². The molecule has 1 aliphatic heterocycles. The molecule has 2 aromatic carbocycles. The molecule has 0 N–H and O–H groups in total. The van der Waals surface area contributed by atoms with Gasteiger partial charge in [0.25, 0.3) is 11.0 Å². The van der Waals surface area contributed by atoms with Crippen LogP contribution in [0.5, 0.6) is 5.75 Å². The van der Waals surface area contributed by atoms with Gasteiger partial charge in [-0.15, -0.1) is 0 Å². The SMILES string of the molecule is Cc1cc2c(cc1C)[n+](=O)c1ccc(OC(=O)N3CCN(C)CC3)cc1n2[O-]. The van der Waals surface area contributed by atoms with Gasteiger partial charge in [0, 0.05) is 49.3 Å². The first-order valence-electron chi connectivity index (χ1n) is 9.20. The Morgan fingerprint density at radius 1 is 1.00 bits per heavy atom. The molecule has 4 rings (SSSR count). The van der Waals surface area contributed by atoms with Crippen LogP contribution in [0.2, 0.25) is 0 Å². The van der Waals surface area contributed by atoms with E-state index in [0.29, 0.717) is 18.6 Å². The monoisotopic (exact) mass is 382 g/mol. The van der Waals surface area contributed by atoms with E-state index in [1.807, 2.05) is 20.9 Å². The summed E-state index contributed by atoms with van der Waals surface area (Å²) in [6, 6.07) is 7.91. The summed E-state index contributed by atoms with van der Waals surface area (Å²) in [6.45, 7) is 6.54. The largest absolute Gasteiger partial charge is 0.805 e. The summed E-state index contributed by atoms with van der Waals surface area (Å²) in [5.41, 5.74) is 2.85. The smallest absolute Gasteiger partial charge is 0.415 e. The number of fused-ring (bicyclic) bond motifs is 2. The fourth-order valence-electron chi connectivity index (χ4n) is 3.43. The van der Waals surface area contributed by atoms with Gasteiger partial charge >= 0.3 is 6.09 Å². The Bertz CT molecular complexity index is 1150. The van der Waals surface area contributed by atoms with Crippen molar-refractivity contribution in [1.29, 1.82) is 0 Å². The molecule has 0 aliphatic carbocycles. The zero-order chi connectivity index (χ0) is 20.0. The molecule has 2 heterocycles. The predicted octanol–water partition coefficient (Wildman–Crippen LogP) is 2.42. The van der Waals surface area contributed by atoms with Crippen molar-refractivity contribution in [3.63, 3.8) is 0 Å². The third-order valence-electron chi connectivity index (χ3n) is 5.38. The number of carbonyl (C=O) groups is 1. The van der Waals surface area contributed by atoms with Crippen LogP contribution >= 0.6 is 0 Å². The number of carbonyl (C=O) groups excluding carboxylic acids is 1. The molecule has 146 valence electrons. The van der Waals surface area contributed by atoms with E-state index in [2.05, 4.69) is 4.90 Å². The van der Waals surface area contributed by atoms with Gasteiger partial charge < -0.3 is 24.5 Å². The molecule has 8 heteroatoms. The molecule has 1 aliphatic rings. The second kappa shape index (κ2) is 6.79. The van der Waals surface area contributed by atoms with Crippen molar-refractivity contribution < 1.29 is 14.0 Å². The van der Waals surface area contributed by atoms with Gasteiger partial charge in [-0.05, 0) is 44.2 Å². The first-order chi connectivity index (χ1) is 13.3. The summed E-state index contributed by atoms with van der Waals surface area (Å²) in [4.78, 5) is 28.9. The highest BCUT2D eigenvalue weighted by Crippen LogP contribution is 2.24. The first-order valence-corrected chi connectivity index (χ1v) is 9.20. The maximum Gasteiger partial charge on any atom is 0.415 e. The number of hydrogen-bond acceptors (Lipinski definition) is 5. The van der Waals surface area contributed by atoms with Crippen molar-refractivity contribution in [2.45, 2.75) is 13.8 Å². The quantitative estimate of drug-likeness (QED) is 0.477. The van der Waals surface area contributed by atoms with Crippen LogP contribution in [0.25, 0.3) is 22.1 Å². The summed E-state index contributed by atoms with van der Waals surface area (Å²) in [5.74, 6) is 0.240. The maximum atomic E-state index is 12.9. The molecule has 28 heavy (non-hydrogen) atoms. The fraction of sp³-hybridized carbons (Fsp3) is 0.350. The lowest BCUT2D eigenvalue weighted by Crippen LogP contribution is -2.48. The molecule has 1 amide bonds. The van der Waals surface area contributed by atoms with E-state index in [1.54, 1.807) is 17.0 Å². The Kier molecular flexibility index (Phi) is 4.43. The molecular weight excluding hydrogens is 360 g/mol. The van der Waals surface area contributed by atoms with E-state index >= 15 is 0 Å². The van der Waals surface area contributed by atoms with Crippen molar-refractivity contribution in [1.82, 2.24) is 14.5 Å². The lowest BCUT2D eigenvalue weighted by atomic mass is 10.1. The average molecular weight is 382 g/mol. The number of hydrogen-bond donors (Lipinski definition) is 0. The summed E-state index contributed by atoms with van der Waals surface area (Å²) in [6.07, 6.45) is -0.452. The molecule has 0 spiro atoms. The zero-order valence-electron chi connectivity index (χ0n) is 16.1. The summed E-state index contributed by atoms with van der Waals surface area (Å²) >= 11 is 0. The van der Waals surface area contributed by atoms with E-state index in [1.165, 1.54) is 18.2 Å². The number of amides is 1. The van der Waals surface area contributed by atoms with E-state index in [0.717, 1.165) is 33.4 Å². The van der Waals surface area contributed by atoms with Crippen LogP contribution in [0.1, 0.15) is 11.1 Å². The van der Waals surface area contributed by atoms with Gasteiger partial charge in [0.05, 0.1) is 4.43 Å². The van der Waals surface area contributed by atoms with E-state index < -0.39 is 6.09 Å². The third-order valence-corrected chi connectivity index (χ3v) is 5.38. The molecule has 1 aromatic heterocycles. The van der Waals surface area contributed by atoms with Gasteiger partial charge in [-0.2, -0.15) is 0 Å². The van der Waals surface area contributed by atoms with Crippen molar-refractivity contribution in [3.8, 4) is 5.75 Å². The summed E-state index contributed by atoms with van der Waals surface area (Å²) in [7, 11) is 2.00. The molecule has 0 radical (unpaired) electrons. The Balaban J connectivity index is 1.73. The number of aromatic nitrogens is 2. The minimum Gasteiger partial charge on any atom is -0.805 e. The minimum absolute atomic E-state index is 0.162. The van der Waals surface area contributed by atoms with E-state index in [9.17, 15) is 14.9 Å². The highest BCUT2D eigenvalue weighted by atomic mass is 16.6. The molecule has 0 atom stereocenters. The van der Waals surface area contributed by atoms with E-state index in [4.69, 9.17) is 4.74 Å². The molecule has 0 bridgehead atoms. The Hall–Kier alpha value is -3.13. The first kappa shape index (κ1) is 18.2. The van der Waals surface area contributed by atoms with Crippen LogP contribution in [0.3, 0.4) is 0 Å². The number of benzene rings is 2. The second-order valence-electron chi connectivity index (χ2n) is 7.32. The van der Waals surface area contributed by atoms with Crippen LogP contribution in [-0.2, 0) is 0 Å². The van der Waals surface area contributed by atoms with Gasteiger partial charge in [0.2, 0.25) is 0 Å². The lowest BCUT2D eigenvalue weighted by molar-refractivity contribution is -0.432. The van der Waals surface area contributed by atoms with Crippen LogP contribution in [-0.4, -0.2) is 53.9 Å². The number of nitrogens with zero attached hydrogens (tertiary/aromatic N) is 4. The molecule has 3 aromatic rings. The number of rotatable bonds is 1. The number of piperazine rings is 1. The standard InChI is InChI=1S/C20H22N4O4/c1-13-10-17-18(11-14(13)2)24(27)19-12-15(4-5-16(19)23(17)26)28-20(25)22-8-6-21(3)7-9-22/h4-5,10-12H,6-9H2,1-3H3. The van der Waals surface area contributed by atoms with Crippen LogP contribution < -0.4 is 9.16 Å². The van der Waals surface area contributed by atoms with Gasteiger partial charge in [0.1, 0.15) is 16.8 Å². The highest BCUT2D eigenvalue weighted by molar-refractivity contribution is 5.85. The third kappa shape index (κ3) is 3.05. The predicted molar refractivity (Wildman–Crippen MR) is 106 cm³/mol. The number of ether oxygens (including phenoxy) is 1. The van der Waals surface area contributed by atoms with Gasteiger partial charge in [0.15, 0.2) is 0 Å². The van der Waals surface area contributed by atoms with Crippen LogP contribution in [0, 0.1) is 24.0 Å². The Morgan fingerprint density at radius 3 is 2.36 bits per heavy atom. The van der Waals surface area contributed by atoms with E-state index in [-0.39, 0.29) is 22.3 Å². The van der Waals surface area contributed by atoms with Crippen LogP contribution in [0.4, 0.5) is 4.79 Å². The fourth-order valence-corrected chi connectivity index (χ4v) is 3.43. The topological polar surface area (TPSA) is 83.7 Å². The van der Waals surface area contributed by atoms with Crippen molar-refractivity contribution in [3.05, 3.63) is 51.6 Å². The lowest BCUT2D eigenvalue weighted by Gasteiger charge is -2.31. The van der Waals surface area contributed by atoms with Crippen LogP contribution in [0.15, 0.2) is 30.3 Å². The molecule has 0 unspecified atom stereocenters. The molecule has 0 saturated carbocycles. The summed E-state index contributed by atoms with van der Waals surface area (Å²) < 4.78 is 6.92. The molecule has 1 saturated heterocycles. The zero-order valence-corrected chi connectivity index (χ0v) is 16.1. The normalized spacial score (nSPS) is 15.3. The molecule has 8 nitrogen and oxygen atoms in total. The maximum absolute atomic E-state index is 12.9. The molecule has 1 fully saturated rings. The van der Waals surface area contributed by atoms with Gasteiger partial charge in [-0.3, -0.25) is 0 Å². The van der Waals surface area contributed by atoms with Crippen molar-refractivity contribution >= 4 is 28.2 Å². The number of likely N-dealkylation sites (N-methyl/N-ethyl adjacent to an activating group) is 1. The van der Waals surface area contributed by atoms with Gasteiger partial charge in [-0.25, -0.2) is 4.79 Å². The molecular formula is C20H22N4O4.